The summed E-state index contributed by atoms with van der Waals surface area (Å²) in [5, 5.41) is 0. The first-order chi connectivity index (χ1) is 13.6. The van der Waals surface area contributed by atoms with E-state index in [9.17, 15) is 9.59 Å². The standard InChI is InChI=1S/C21H30N4O3/c1-17(21(27)25-7-6-18-4-2-3-5-19(18)25)23-10-8-22(9-11-23)16-20(26)24-12-14-28-15-13-24/h2-5,17H,6-16H2,1H3. The molecular formula is C21H30N4O3. The second-order valence-electron chi connectivity index (χ2n) is 7.85. The number of nitrogens with zero attached hydrogens (tertiary/aromatic N) is 4. The fourth-order valence-corrected chi connectivity index (χ4v) is 4.36. The summed E-state index contributed by atoms with van der Waals surface area (Å²) in [6.07, 6.45) is 0.937. The van der Waals surface area contributed by atoms with Gasteiger partial charge < -0.3 is 14.5 Å². The lowest BCUT2D eigenvalue weighted by Gasteiger charge is -2.39. The van der Waals surface area contributed by atoms with Gasteiger partial charge in [0.2, 0.25) is 11.8 Å². The SMILES string of the molecule is CC(C(=O)N1CCc2ccccc21)N1CCN(CC(=O)N2CCOCC2)CC1. The van der Waals surface area contributed by atoms with E-state index in [1.54, 1.807) is 0 Å². The molecule has 3 aliphatic heterocycles. The van der Waals surface area contributed by atoms with Crippen LogP contribution in [0.4, 0.5) is 5.69 Å². The van der Waals surface area contributed by atoms with E-state index in [0.717, 1.165) is 44.8 Å². The van der Waals surface area contributed by atoms with Crippen LogP contribution in [-0.4, -0.2) is 98.1 Å². The summed E-state index contributed by atoms with van der Waals surface area (Å²) in [5.41, 5.74) is 2.32. The first-order valence-electron chi connectivity index (χ1n) is 10.3. The average Bonchev–Trinajstić information content (AvgIpc) is 3.18. The Morgan fingerprint density at radius 2 is 1.71 bits per heavy atom. The van der Waals surface area contributed by atoms with Gasteiger partial charge in [0, 0.05) is 51.5 Å². The van der Waals surface area contributed by atoms with Crippen molar-refractivity contribution >= 4 is 17.5 Å². The van der Waals surface area contributed by atoms with Crippen molar-refractivity contribution in [3.05, 3.63) is 29.8 Å². The highest BCUT2D eigenvalue weighted by Crippen LogP contribution is 2.28. The van der Waals surface area contributed by atoms with Gasteiger partial charge in [0.25, 0.3) is 0 Å². The number of hydrogen-bond acceptors (Lipinski definition) is 5. The number of anilines is 1. The van der Waals surface area contributed by atoms with E-state index < -0.39 is 0 Å². The quantitative estimate of drug-likeness (QED) is 0.752. The Labute approximate surface area is 166 Å². The van der Waals surface area contributed by atoms with E-state index >= 15 is 0 Å². The van der Waals surface area contributed by atoms with Crippen molar-refractivity contribution in [1.29, 1.82) is 0 Å². The van der Waals surface area contributed by atoms with Gasteiger partial charge in [-0.1, -0.05) is 18.2 Å². The number of morpholine rings is 1. The molecular weight excluding hydrogens is 356 g/mol. The molecule has 3 aliphatic rings. The number of amides is 2. The smallest absolute Gasteiger partial charge is 0.244 e. The molecule has 28 heavy (non-hydrogen) atoms. The lowest BCUT2D eigenvalue weighted by Crippen LogP contribution is -2.56. The van der Waals surface area contributed by atoms with E-state index in [-0.39, 0.29) is 17.9 Å². The van der Waals surface area contributed by atoms with Gasteiger partial charge >= 0.3 is 0 Å². The van der Waals surface area contributed by atoms with Crippen LogP contribution in [0.25, 0.3) is 0 Å². The molecule has 0 spiro atoms. The zero-order chi connectivity index (χ0) is 19.5. The highest BCUT2D eigenvalue weighted by Gasteiger charge is 2.32. The summed E-state index contributed by atoms with van der Waals surface area (Å²) >= 11 is 0. The number of para-hydroxylation sites is 1. The third kappa shape index (κ3) is 4.06. The number of piperazine rings is 1. The van der Waals surface area contributed by atoms with Crippen molar-refractivity contribution < 1.29 is 14.3 Å². The Kier molecular flexibility index (Phi) is 5.94. The molecule has 0 saturated carbocycles. The molecule has 2 saturated heterocycles. The minimum Gasteiger partial charge on any atom is -0.378 e. The normalized spacial score (nSPS) is 22.2. The van der Waals surface area contributed by atoms with Crippen molar-refractivity contribution in [2.45, 2.75) is 19.4 Å². The fourth-order valence-electron chi connectivity index (χ4n) is 4.36. The van der Waals surface area contributed by atoms with Gasteiger partial charge in [-0.25, -0.2) is 0 Å². The Balaban J connectivity index is 1.27. The second-order valence-corrected chi connectivity index (χ2v) is 7.85. The summed E-state index contributed by atoms with van der Waals surface area (Å²) in [6, 6.07) is 8.05. The van der Waals surface area contributed by atoms with E-state index in [2.05, 4.69) is 15.9 Å². The van der Waals surface area contributed by atoms with Crippen LogP contribution in [0.15, 0.2) is 24.3 Å². The van der Waals surface area contributed by atoms with Gasteiger partial charge in [-0.05, 0) is 25.0 Å². The maximum absolute atomic E-state index is 13.1. The van der Waals surface area contributed by atoms with Crippen molar-refractivity contribution in [2.24, 2.45) is 0 Å². The number of carbonyl (C=O) groups is 2. The average molecular weight is 386 g/mol. The van der Waals surface area contributed by atoms with Gasteiger partial charge in [-0.15, -0.1) is 0 Å². The summed E-state index contributed by atoms with van der Waals surface area (Å²) < 4.78 is 5.32. The lowest BCUT2D eigenvalue weighted by molar-refractivity contribution is -0.137. The van der Waals surface area contributed by atoms with Crippen LogP contribution in [0.2, 0.25) is 0 Å². The molecule has 0 radical (unpaired) electrons. The van der Waals surface area contributed by atoms with Gasteiger partial charge in [-0.2, -0.15) is 0 Å². The first-order valence-corrected chi connectivity index (χ1v) is 10.3. The molecule has 7 heteroatoms. The van der Waals surface area contributed by atoms with Crippen molar-refractivity contribution in [3.63, 3.8) is 0 Å². The largest absolute Gasteiger partial charge is 0.378 e. The molecule has 2 fully saturated rings. The van der Waals surface area contributed by atoms with E-state index in [4.69, 9.17) is 4.74 Å². The van der Waals surface area contributed by atoms with Crippen LogP contribution in [-0.2, 0) is 20.7 Å². The first kappa shape index (κ1) is 19.4. The molecule has 1 aromatic carbocycles. The van der Waals surface area contributed by atoms with Crippen molar-refractivity contribution in [2.75, 3.05) is 70.5 Å². The lowest BCUT2D eigenvalue weighted by atomic mass is 10.1. The molecule has 152 valence electrons. The number of rotatable bonds is 4. The molecule has 1 aromatic rings. The summed E-state index contributed by atoms with van der Waals surface area (Å²) in [4.78, 5) is 33.8. The zero-order valence-electron chi connectivity index (χ0n) is 16.7. The van der Waals surface area contributed by atoms with Gasteiger partial charge in [0.05, 0.1) is 25.8 Å². The summed E-state index contributed by atoms with van der Waals surface area (Å²) in [5.74, 6) is 0.373. The number of hydrogen-bond donors (Lipinski definition) is 0. The minimum atomic E-state index is -0.136. The van der Waals surface area contributed by atoms with E-state index in [1.165, 1.54) is 5.56 Å². The van der Waals surface area contributed by atoms with Crippen LogP contribution in [0.5, 0.6) is 0 Å². The van der Waals surface area contributed by atoms with Crippen LogP contribution in [0.1, 0.15) is 12.5 Å². The van der Waals surface area contributed by atoms with Gasteiger partial charge in [0.1, 0.15) is 0 Å². The molecule has 3 heterocycles. The predicted octanol–water partition coefficient (Wildman–Crippen LogP) is 0.441. The third-order valence-electron chi connectivity index (χ3n) is 6.19. The van der Waals surface area contributed by atoms with E-state index in [1.807, 2.05) is 34.9 Å². The van der Waals surface area contributed by atoms with Gasteiger partial charge in [0.15, 0.2) is 0 Å². The molecule has 7 nitrogen and oxygen atoms in total. The number of benzene rings is 1. The second kappa shape index (κ2) is 8.59. The molecule has 2 amide bonds. The molecule has 0 aliphatic carbocycles. The van der Waals surface area contributed by atoms with Crippen LogP contribution < -0.4 is 4.90 Å². The Morgan fingerprint density at radius 3 is 2.46 bits per heavy atom. The minimum absolute atomic E-state index is 0.136. The number of carbonyl (C=O) groups excluding carboxylic acids is 2. The molecule has 0 aromatic heterocycles. The molecule has 1 unspecified atom stereocenters. The van der Waals surface area contributed by atoms with Crippen molar-refractivity contribution in [3.8, 4) is 0 Å². The van der Waals surface area contributed by atoms with E-state index in [0.29, 0.717) is 32.8 Å². The maximum Gasteiger partial charge on any atom is 0.244 e. The predicted molar refractivity (Wildman–Crippen MR) is 107 cm³/mol. The number of ether oxygens (including phenoxy) is 1. The molecule has 0 N–H and O–H groups in total. The third-order valence-corrected chi connectivity index (χ3v) is 6.19. The highest BCUT2D eigenvalue weighted by molar-refractivity contribution is 5.98. The highest BCUT2D eigenvalue weighted by atomic mass is 16.5. The van der Waals surface area contributed by atoms with Crippen molar-refractivity contribution in [1.82, 2.24) is 14.7 Å². The Hall–Kier alpha value is -1.96. The fraction of sp³-hybridized carbons (Fsp3) is 0.619. The maximum atomic E-state index is 13.1. The summed E-state index contributed by atoms with van der Waals surface area (Å²) in [6.45, 7) is 9.21. The van der Waals surface area contributed by atoms with Crippen LogP contribution in [0, 0.1) is 0 Å². The van der Waals surface area contributed by atoms with Crippen LogP contribution >= 0.6 is 0 Å². The molecule has 4 rings (SSSR count). The Morgan fingerprint density at radius 1 is 1.00 bits per heavy atom. The van der Waals surface area contributed by atoms with Gasteiger partial charge in [-0.3, -0.25) is 19.4 Å². The molecule has 1 atom stereocenters. The monoisotopic (exact) mass is 386 g/mol. The number of fused-ring (bicyclic) bond motifs is 1. The zero-order valence-corrected chi connectivity index (χ0v) is 16.7. The Bertz CT molecular complexity index is 711. The van der Waals surface area contributed by atoms with Crippen LogP contribution in [0.3, 0.4) is 0 Å². The topological polar surface area (TPSA) is 56.3 Å². The molecule has 0 bridgehead atoms. The summed E-state index contributed by atoms with van der Waals surface area (Å²) in [7, 11) is 0.